The van der Waals surface area contributed by atoms with Gasteiger partial charge in [-0.15, -0.1) is 0 Å². The fourth-order valence-corrected chi connectivity index (χ4v) is 3.22. The number of carboxylic acid groups (broad SMARTS) is 1. The highest BCUT2D eigenvalue weighted by Gasteiger charge is 2.43. The van der Waals surface area contributed by atoms with E-state index in [1.165, 1.54) is 0 Å². The number of likely N-dealkylation sites (tertiary alicyclic amines) is 1. The van der Waals surface area contributed by atoms with Gasteiger partial charge in [0.15, 0.2) is 0 Å². The van der Waals surface area contributed by atoms with Crippen molar-refractivity contribution in [3.8, 4) is 0 Å². The van der Waals surface area contributed by atoms with E-state index in [4.69, 9.17) is 0 Å². The smallest absolute Gasteiger partial charge is 0.311 e. The van der Waals surface area contributed by atoms with Crippen LogP contribution >= 0.6 is 0 Å². The number of carbonyl (C=O) groups is 2. The van der Waals surface area contributed by atoms with Gasteiger partial charge in [0.1, 0.15) is 0 Å². The molecular formula is C14H24N2O3. The maximum absolute atomic E-state index is 12.4. The average molecular weight is 268 g/mol. The lowest BCUT2D eigenvalue weighted by Crippen LogP contribution is -2.55. The van der Waals surface area contributed by atoms with Gasteiger partial charge in [0, 0.05) is 13.1 Å². The van der Waals surface area contributed by atoms with E-state index in [-0.39, 0.29) is 11.9 Å². The third-order valence-corrected chi connectivity index (χ3v) is 4.63. The van der Waals surface area contributed by atoms with Crippen molar-refractivity contribution in [2.24, 2.45) is 5.41 Å². The Morgan fingerprint density at radius 2 is 2.16 bits per heavy atom. The highest BCUT2D eigenvalue weighted by molar-refractivity contribution is 5.83. The van der Waals surface area contributed by atoms with Crippen molar-refractivity contribution in [3.63, 3.8) is 0 Å². The molecule has 0 aromatic carbocycles. The van der Waals surface area contributed by atoms with Gasteiger partial charge in [0.2, 0.25) is 5.91 Å². The summed E-state index contributed by atoms with van der Waals surface area (Å²) in [4.78, 5) is 25.7. The monoisotopic (exact) mass is 268 g/mol. The Morgan fingerprint density at radius 1 is 1.37 bits per heavy atom. The predicted molar refractivity (Wildman–Crippen MR) is 71.8 cm³/mol. The van der Waals surface area contributed by atoms with Gasteiger partial charge in [0.25, 0.3) is 0 Å². The molecule has 2 aliphatic heterocycles. The van der Waals surface area contributed by atoms with Crippen LogP contribution in [0.25, 0.3) is 0 Å². The number of piperidine rings is 2. The molecule has 0 aromatic heterocycles. The third kappa shape index (κ3) is 2.91. The van der Waals surface area contributed by atoms with Crippen LogP contribution in [0.3, 0.4) is 0 Å². The number of nitrogens with one attached hydrogen (secondary N) is 1. The van der Waals surface area contributed by atoms with Crippen LogP contribution < -0.4 is 5.32 Å². The number of hydrogen-bond acceptors (Lipinski definition) is 3. The molecule has 5 heteroatoms. The molecule has 0 aliphatic carbocycles. The zero-order chi connectivity index (χ0) is 13.9. The third-order valence-electron chi connectivity index (χ3n) is 4.63. The van der Waals surface area contributed by atoms with Crippen molar-refractivity contribution < 1.29 is 14.7 Å². The van der Waals surface area contributed by atoms with Crippen molar-refractivity contribution in [1.29, 1.82) is 0 Å². The molecule has 2 unspecified atom stereocenters. The Morgan fingerprint density at radius 3 is 2.74 bits per heavy atom. The van der Waals surface area contributed by atoms with Gasteiger partial charge in [-0.2, -0.15) is 0 Å². The topological polar surface area (TPSA) is 69.6 Å². The number of amides is 1. The van der Waals surface area contributed by atoms with E-state index in [1.807, 2.05) is 6.92 Å². The number of hydrogen-bond donors (Lipinski definition) is 2. The molecule has 19 heavy (non-hydrogen) atoms. The Labute approximate surface area is 114 Å². The van der Waals surface area contributed by atoms with Gasteiger partial charge in [0.05, 0.1) is 11.5 Å². The largest absolute Gasteiger partial charge is 0.481 e. The zero-order valence-corrected chi connectivity index (χ0v) is 11.7. The molecule has 1 amide bonds. The number of carboxylic acids is 1. The molecule has 108 valence electrons. The van der Waals surface area contributed by atoms with E-state index in [9.17, 15) is 14.7 Å². The van der Waals surface area contributed by atoms with E-state index in [1.54, 1.807) is 4.90 Å². The van der Waals surface area contributed by atoms with Crippen LogP contribution in [0, 0.1) is 5.41 Å². The summed E-state index contributed by atoms with van der Waals surface area (Å²) in [6, 6.07) is -0.102. The molecule has 2 heterocycles. The summed E-state index contributed by atoms with van der Waals surface area (Å²) in [6.45, 7) is 3.87. The second-order valence-corrected chi connectivity index (χ2v) is 5.80. The lowest BCUT2D eigenvalue weighted by molar-refractivity contribution is -0.155. The normalized spacial score (nSPS) is 32.1. The maximum Gasteiger partial charge on any atom is 0.311 e. The molecule has 2 atom stereocenters. The Hall–Kier alpha value is -1.10. The molecule has 2 fully saturated rings. The SMILES string of the molecule is CCC1(C(=O)O)CCCN(C(=O)C2CCCCN2)C1. The zero-order valence-electron chi connectivity index (χ0n) is 11.7. The summed E-state index contributed by atoms with van der Waals surface area (Å²) in [5.41, 5.74) is -0.734. The summed E-state index contributed by atoms with van der Waals surface area (Å²) >= 11 is 0. The standard InChI is InChI=1S/C14H24N2O3/c1-2-14(13(18)19)7-5-9-16(10-14)12(17)11-6-3-4-8-15-11/h11,15H,2-10H2,1H3,(H,18,19). The first kappa shape index (κ1) is 14.3. The predicted octanol–water partition coefficient (Wildman–Crippen LogP) is 1.23. The Balaban J connectivity index is 2.03. The summed E-state index contributed by atoms with van der Waals surface area (Å²) in [7, 11) is 0. The molecule has 0 radical (unpaired) electrons. The maximum atomic E-state index is 12.4. The van der Waals surface area contributed by atoms with Crippen molar-refractivity contribution in [2.75, 3.05) is 19.6 Å². The number of rotatable bonds is 3. The van der Waals surface area contributed by atoms with Crippen LogP contribution in [0.1, 0.15) is 45.4 Å². The Kier molecular flexibility index (Phi) is 4.45. The van der Waals surface area contributed by atoms with Crippen molar-refractivity contribution in [2.45, 2.75) is 51.5 Å². The van der Waals surface area contributed by atoms with E-state index < -0.39 is 11.4 Å². The molecule has 2 saturated heterocycles. The molecule has 0 spiro atoms. The molecule has 5 nitrogen and oxygen atoms in total. The summed E-state index contributed by atoms with van der Waals surface area (Å²) < 4.78 is 0. The minimum Gasteiger partial charge on any atom is -0.481 e. The van der Waals surface area contributed by atoms with Crippen LogP contribution in [-0.2, 0) is 9.59 Å². The molecule has 0 aromatic rings. The van der Waals surface area contributed by atoms with Crippen molar-refractivity contribution in [3.05, 3.63) is 0 Å². The minimum absolute atomic E-state index is 0.0958. The van der Waals surface area contributed by atoms with Crippen LogP contribution in [-0.4, -0.2) is 47.6 Å². The molecular weight excluding hydrogens is 244 g/mol. The van der Waals surface area contributed by atoms with Crippen LogP contribution in [0.5, 0.6) is 0 Å². The van der Waals surface area contributed by atoms with Gasteiger partial charge in [-0.3, -0.25) is 9.59 Å². The van der Waals surface area contributed by atoms with Gasteiger partial charge in [-0.05, 0) is 38.6 Å². The molecule has 2 rings (SSSR count). The molecule has 2 N–H and O–H groups in total. The fourth-order valence-electron chi connectivity index (χ4n) is 3.22. The Bertz CT molecular complexity index is 353. The number of aliphatic carboxylic acids is 1. The first-order chi connectivity index (χ1) is 9.09. The van der Waals surface area contributed by atoms with Crippen LogP contribution in [0.15, 0.2) is 0 Å². The van der Waals surface area contributed by atoms with Gasteiger partial charge in [-0.1, -0.05) is 13.3 Å². The molecule has 2 aliphatic rings. The fraction of sp³-hybridized carbons (Fsp3) is 0.857. The van der Waals surface area contributed by atoms with Gasteiger partial charge >= 0.3 is 5.97 Å². The van der Waals surface area contributed by atoms with Crippen molar-refractivity contribution >= 4 is 11.9 Å². The quantitative estimate of drug-likeness (QED) is 0.808. The second-order valence-electron chi connectivity index (χ2n) is 5.80. The second kappa shape index (κ2) is 5.90. The van der Waals surface area contributed by atoms with E-state index in [0.717, 1.165) is 32.2 Å². The first-order valence-corrected chi connectivity index (χ1v) is 7.34. The molecule has 0 saturated carbocycles. The van der Waals surface area contributed by atoms with E-state index in [0.29, 0.717) is 25.9 Å². The number of carbonyl (C=O) groups excluding carboxylic acids is 1. The highest BCUT2D eigenvalue weighted by Crippen LogP contribution is 2.34. The molecule has 0 bridgehead atoms. The lowest BCUT2D eigenvalue weighted by atomic mass is 9.77. The van der Waals surface area contributed by atoms with Gasteiger partial charge < -0.3 is 15.3 Å². The van der Waals surface area contributed by atoms with Crippen molar-refractivity contribution in [1.82, 2.24) is 10.2 Å². The summed E-state index contributed by atoms with van der Waals surface area (Å²) in [5, 5.41) is 12.7. The first-order valence-electron chi connectivity index (χ1n) is 7.34. The highest BCUT2D eigenvalue weighted by atomic mass is 16.4. The van der Waals surface area contributed by atoms with Crippen LogP contribution in [0.4, 0.5) is 0 Å². The lowest BCUT2D eigenvalue weighted by Gasteiger charge is -2.41. The summed E-state index contributed by atoms with van der Waals surface area (Å²) in [6.07, 6.45) is 5.14. The van der Waals surface area contributed by atoms with E-state index in [2.05, 4.69) is 5.32 Å². The average Bonchev–Trinajstić information content (AvgIpc) is 2.47. The number of nitrogens with zero attached hydrogens (tertiary/aromatic N) is 1. The minimum atomic E-state index is -0.760. The van der Waals surface area contributed by atoms with Crippen LogP contribution in [0.2, 0.25) is 0 Å². The van der Waals surface area contributed by atoms with E-state index >= 15 is 0 Å². The summed E-state index contributed by atoms with van der Waals surface area (Å²) in [5.74, 6) is -0.664. The van der Waals surface area contributed by atoms with Gasteiger partial charge in [-0.25, -0.2) is 0 Å².